The Morgan fingerprint density at radius 3 is 1.69 bits per heavy atom. The van der Waals surface area contributed by atoms with Crippen LogP contribution in [0.25, 0.3) is 0 Å². The molecule has 0 radical (unpaired) electrons. The molecule has 270 valence electrons. The van der Waals surface area contributed by atoms with Crippen LogP contribution in [0, 0.1) is 5.41 Å². The van der Waals surface area contributed by atoms with Crippen LogP contribution in [0.15, 0.2) is 53.4 Å². The van der Waals surface area contributed by atoms with Gasteiger partial charge in [0, 0.05) is 17.4 Å². The third-order valence-corrected chi connectivity index (χ3v) is 10.9. The lowest BCUT2D eigenvalue weighted by Gasteiger charge is -2.31. The lowest BCUT2D eigenvalue weighted by molar-refractivity contribution is -0.144. The number of rotatable bonds is 23. The third kappa shape index (κ3) is 14.9. The van der Waals surface area contributed by atoms with E-state index >= 15 is 0 Å². The van der Waals surface area contributed by atoms with Gasteiger partial charge >= 0.3 is 5.06 Å². The predicted molar refractivity (Wildman–Crippen MR) is 196 cm³/mol. The number of amides is 1. The number of nitrogens with one attached hydrogen (secondary N) is 2. The molecule has 1 amide bonds. The second kappa shape index (κ2) is 19.5. The molecule has 0 bridgehead atoms. The number of Topliss-reactive ketones (excluding diaryl/α,β-unsaturated/α-hetero) is 1. The van der Waals surface area contributed by atoms with Gasteiger partial charge in [0.2, 0.25) is 15.8 Å². The number of anilines is 2. The Labute approximate surface area is 293 Å². The van der Waals surface area contributed by atoms with Crippen molar-refractivity contribution in [2.45, 2.75) is 128 Å². The van der Waals surface area contributed by atoms with Crippen LogP contribution in [0.2, 0.25) is 0 Å². The quantitative estimate of drug-likeness (QED) is 0.0663. The molecule has 2 aromatic carbocycles. The van der Waals surface area contributed by atoms with Gasteiger partial charge in [0.05, 0.1) is 16.3 Å². The first-order chi connectivity index (χ1) is 22.5. The number of sulfone groups is 1. The molecule has 1 unspecified atom stereocenters. The lowest BCUT2D eigenvalue weighted by Crippen LogP contribution is -2.54. The molecule has 2 N–H and O–H groups in total. The fraction of sp³-hybridized carbons (Fsp3) is 0.611. The summed E-state index contributed by atoms with van der Waals surface area (Å²) in [4.78, 5) is 26.9. The summed E-state index contributed by atoms with van der Waals surface area (Å²) in [6.45, 7) is 7.00. The summed E-state index contributed by atoms with van der Waals surface area (Å²) in [6, 6.07) is 11.3. The molecule has 12 heteroatoms. The second-order valence-electron chi connectivity index (χ2n) is 13.6. The molecule has 0 spiro atoms. The minimum absolute atomic E-state index is 0.00941. The monoisotopic (exact) mass is 726 g/mol. The van der Waals surface area contributed by atoms with Crippen LogP contribution in [0.3, 0.4) is 0 Å². The van der Waals surface area contributed by atoms with Crippen LogP contribution in [0.1, 0.15) is 118 Å². The van der Waals surface area contributed by atoms with E-state index in [1.807, 2.05) is 0 Å². The van der Waals surface area contributed by atoms with Crippen LogP contribution in [-0.2, 0) is 29.4 Å². The van der Waals surface area contributed by atoms with Gasteiger partial charge in [-0.1, -0.05) is 129 Å². The minimum Gasteiger partial charge on any atom is -0.456 e. The van der Waals surface area contributed by atoms with Crippen molar-refractivity contribution in [2.75, 3.05) is 22.0 Å². The summed E-state index contributed by atoms with van der Waals surface area (Å²) in [5.74, 6) is -1.72. The van der Waals surface area contributed by atoms with E-state index in [9.17, 15) is 26.4 Å². The van der Waals surface area contributed by atoms with Crippen molar-refractivity contribution in [3.8, 4) is 5.75 Å². The van der Waals surface area contributed by atoms with Gasteiger partial charge in [-0.15, -0.1) is 0 Å². The van der Waals surface area contributed by atoms with E-state index in [2.05, 4.69) is 17.0 Å². The molecule has 0 fully saturated rings. The molecule has 0 saturated carbocycles. The van der Waals surface area contributed by atoms with Crippen molar-refractivity contribution < 1.29 is 31.2 Å². The van der Waals surface area contributed by atoms with Gasteiger partial charge in [0.15, 0.2) is 9.84 Å². The second-order valence-corrected chi connectivity index (χ2v) is 18.0. The first kappa shape index (κ1) is 41.5. The number of halogens is 1. The van der Waals surface area contributed by atoms with Crippen LogP contribution >= 0.6 is 11.6 Å². The van der Waals surface area contributed by atoms with Crippen molar-refractivity contribution in [2.24, 2.45) is 5.41 Å². The minimum atomic E-state index is -3.62. The number of ketones is 1. The Bertz CT molecular complexity index is 1520. The van der Waals surface area contributed by atoms with Gasteiger partial charge in [-0.3, -0.25) is 14.3 Å². The molecule has 0 heterocycles. The van der Waals surface area contributed by atoms with Crippen molar-refractivity contribution in [1.29, 1.82) is 0 Å². The smallest absolute Gasteiger partial charge is 0.320 e. The number of ether oxygens (including phenoxy) is 1. The number of carbonyl (C=O) groups is 2. The van der Waals surface area contributed by atoms with E-state index in [1.165, 1.54) is 101 Å². The molecule has 9 nitrogen and oxygen atoms in total. The molecular weight excluding hydrogens is 672 g/mol. The van der Waals surface area contributed by atoms with Crippen LogP contribution < -0.4 is 14.8 Å². The third-order valence-electron chi connectivity index (χ3n) is 7.94. The molecular formula is C36H55ClN2O7S2. The molecule has 48 heavy (non-hydrogen) atoms. The largest absolute Gasteiger partial charge is 0.456 e. The van der Waals surface area contributed by atoms with Gasteiger partial charge in [-0.2, -0.15) is 0 Å². The molecule has 0 aromatic heterocycles. The van der Waals surface area contributed by atoms with Crippen LogP contribution in [-0.4, -0.2) is 45.6 Å². The van der Waals surface area contributed by atoms with E-state index < -0.39 is 42.0 Å². The molecule has 0 aliphatic rings. The highest BCUT2D eigenvalue weighted by molar-refractivity contribution is 7.92. The lowest BCUT2D eigenvalue weighted by atomic mass is 9.86. The fourth-order valence-electron chi connectivity index (χ4n) is 5.18. The number of unbranched alkanes of at least 4 members (excludes halogenated alkanes) is 13. The topological polar surface area (TPSA) is 136 Å². The maximum atomic E-state index is 13.5. The maximum absolute atomic E-state index is 13.5. The normalized spacial score (nSPS) is 13.5. The highest BCUT2D eigenvalue weighted by atomic mass is 35.5. The van der Waals surface area contributed by atoms with Crippen LogP contribution in [0.5, 0.6) is 5.75 Å². The summed E-state index contributed by atoms with van der Waals surface area (Å²) in [6.07, 6.45) is 17.6. The number of alkyl halides is 1. The van der Waals surface area contributed by atoms with Crippen molar-refractivity contribution >= 4 is 54.5 Å². The van der Waals surface area contributed by atoms with E-state index in [1.54, 1.807) is 32.9 Å². The highest BCUT2D eigenvalue weighted by Crippen LogP contribution is 2.33. The molecule has 1 atom stereocenters. The standard InChI is InChI=1S/C36H55ClN2O7S2/c1-6-7-8-9-10-11-12-13-14-15-16-17-18-19-27-48(44,45)39-30-22-20-21-29(28-30)38-34(41)36(37,33(40)35(2,3)4)46-31-23-25-32(26-24-31)47(5,42)43/h20-26,28,39H,6-19,27H2,1-5H3,(H,38,41). The fourth-order valence-corrected chi connectivity index (χ4v) is 7.41. The average Bonchev–Trinajstić information content (AvgIpc) is 3.00. The summed E-state index contributed by atoms with van der Waals surface area (Å²) >= 11 is 6.62. The van der Waals surface area contributed by atoms with Crippen molar-refractivity contribution in [1.82, 2.24) is 0 Å². The van der Waals surface area contributed by atoms with Crippen LogP contribution in [0.4, 0.5) is 11.4 Å². The van der Waals surface area contributed by atoms with Gasteiger partial charge < -0.3 is 10.1 Å². The summed E-state index contributed by atoms with van der Waals surface area (Å²) in [7, 11) is -7.10. The number of sulfonamides is 1. The predicted octanol–water partition coefficient (Wildman–Crippen LogP) is 8.88. The zero-order valence-corrected chi connectivity index (χ0v) is 31.7. The Morgan fingerprint density at radius 2 is 1.21 bits per heavy atom. The summed E-state index contributed by atoms with van der Waals surface area (Å²) < 4.78 is 57.5. The Balaban J connectivity index is 1.90. The van der Waals surface area contributed by atoms with Gasteiger partial charge in [0.25, 0.3) is 5.91 Å². The van der Waals surface area contributed by atoms with E-state index in [-0.39, 0.29) is 27.8 Å². The number of benzene rings is 2. The van der Waals surface area contributed by atoms with Crippen molar-refractivity contribution in [3.63, 3.8) is 0 Å². The Morgan fingerprint density at radius 1 is 0.729 bits per heavy atom. The number of hydrogen-bond donors (Lipinski definition) is 2. The number of carbonyl (C=O) groups excluding carboxylic acids is 2. The summed E-state index contributed by atoms with van der Waals surface area (Å²) in [5.41, 5.74) is -0.645. The molecule has 0 saturated heterocycles. The molecule has 0 aliphatic heterocycles. The first-order valence-electron chi connectivity index (χ1n) is 17.1. The number of hydrogen-bond acceptors (Lipinski definition) is 7. The molecule has 2 rings (SSSR count). The first-order valence-corrected chi connectivity index (χ1v) is 21.0. The molecule has 2 aromatic rings. The highest BCUT2D eigenvalue weighted by Gasteiger charge is 2.51. The van der Waals surface area contributed by atoms with Gasteiger partial charge in [0.1, 0.15) is 5.75 Å². The van der Waals surface area contributed by atoms with Crippen molar-refractivity contribution in [3.05, 3.63) is 48.5 Å². The zero-order chi connectivity index (χ0) is 35.8. The average molecular weight is 727 g/mol. The molecule has 0 aliphatic carbocycles. The summed E-state index contributed by atoms with van der Waals surface area (Å²) in [5, 5.41) is 0.0623. The van der Waals surface area contributed by atoms with E-state index in [4.69, 9.17) is 16.3 Å². The maximum Gasteiger partial charge on any atom is 0.320 e. The van der Waals surface area contributed by atoms with E-state index in [0.29, 0.717) is 6.42 Å². The Kier molecular flexibility index (Phi) is 16.9. The van der Waals surface area contributed by atoms with E-state index in [0.717, 1.165) is 25.5 Å². The Hall–Kier alpha value is -2.63. The SMILES string of the molecule is CCCCCCCCCCCCCCCCS(=O)(=O)Nc1cccc(NC(=O)C(Cl)(Oc2ccc(S(C)(=O)=O)cc2)C(=O)C(C)(C)C)c1. The zero-order valence-electron chi connectivity index (χ0n) is 29.3. The van der Waals surface area contributed by atoms with Gasteiger partial charge in [-0.05, 0) is 48.9 Å². The van der Waals surface area contributed by atoms with Gasteiger partial charge in [-0.25, -0.2) is 16.8 Å².